The Morgan fingerprint density at radius 2 is 1.79 bits per heavy atom. The third-order valence-corrected chi connectivity index (χ3v) is 3.86. The van der Waals surface area contributed by atoms with Crippen LogP contribution in [0.15, 0.2) is 58.3 Å². The Hall–Kier alpha value is -1.85. The Kier molecular flexibility index (Phi) is 4.19. The molecular weight excluding hydrogens is 265 g/mol. The summed E-state index contributed by atoms with van der Waals surface area (Å²) in [6, 6.07) is 12.4. The van der Waals surface area contributed by atoms with Crippen molar-refractivity contribution >= 4 is 22.8 Å². The highest BCUT2D eigenvalue weighted by Crippen LogP contribution is 2.24. The lowest BCUT2D eigenvalue weighted by Gasteiger charge is -2.11. The van der Waals surface area contributed by atoms with Crippen LogP contribution in [0, 0.1) is 5.82 Å². The molecule has 1 N–H and O–H groups in total. The summed E-state index contributed by atoms with van der Waals surface area (Å²) in [6.45, 7) is 1.41. The van der Waals surface area contributed by atoms with Crippen LogP contribution in [0.2, 0.25) is 0 Å². The Labute approximate surface area is 113 Å². The average molecular weight is 277 g/mol. The van der Waals surface area contributed by atoms with E-state index in [1.54, 1.807) is 36.4 Å². The van der Waals surface area contributed by atoms with Gasteiger partial charge in [0.1, 0.15) is 0 Å². The maximum absolute atomic E-state index is 13.5. The quantitative estimate of drug-likeness (QED) is 0.877. The number of hydrogen-bond donors (Lipinski definition) is 1. The lowest BCUT2D eigenvalue weighted by molar-refractivity contribution is -0.114. The highest BCUT2D eigenvalue weighted by atomic mass is 32.2. The summed E-state index contributed by atoms with van der Waals surface area (Å²) < 4.78 is 25.7. The normalized spacial score (nSPS) is 11.9. The van der Waals surface area contributed by atoms with Crippen molar-refractivity contribution < 1.29 is 13.7 Å². The van der Waals surface area contributed by atoms with Crippen LogP contribution in [-0.2, 0) is 16.0 Å². The van der Waals surface area contributed by atoms with Gasteiger partial charge in [0.05, 0.1) is 0 Å². The van der Waals surface area contributed by atoms with Crippen LogP contribution in [-0.4, -0.2) is 10.5 Å². The van der Waals surface area contributed by atoms with Gasteiger partial charge in [-0.1, -0.05) is 12.1 Å². The SMILES string of the molecule is CC(=O)Nc1ccc([S+]([O-])c2ccccc2F)cc1. The zero-order chi connectivity index (χ0) is 13.8. The van der Waals surface area contributed by atoms with Gasteiger partial charge in [0, 0.05) is 23.8 Å². The molecule has 0 aromatic heterocycles. The standard InChI is InChI=1S/C14H12FNO2S/c1-10(17)16-11-6-8-12(9-7-11)19(18)14-5-3-2-4-13(14)15/h2-9H,1H3,(H,16,17). The first kappa shape index (κ1) is 13.6. The highest BCUT2D eigenvalue weighted by Gasteiger charge is 2.18. The first-order valence-corrected chi connectivity index (χ1v) is 6.77. The molecule has 0 saturated heterocycles. The predicted octanol–water partition coefficient (Wildman–Crippen LogP) is 2.95. The third-order valence-electron chi connectivity index (χ3n) is 2.43. The molecule has 0 radical (unpaired) electrons. The summed E-state index contributed by atoms with van der Waals surface area (Å²) in [5.74, 6) is -0.672. The number of rotatable bonds is 3. The Morgan fingerprint density at radius 3 is 2.37 bits per heavy atom. The fourth-order valence-electron chi connectivity index (χ4n) is 1.59. The van der Waals surface area contributed by atoms with Gasteiger partial charge in [-0.25, -0.2) is 4.39 Å². The first-order valence-electron chi connectivity index (χ1n) is 5.62. The molecule has 0 bridgehead atoms. The first-order chi connectivity index (χ1) is 9.08. The zero-order valence-corrected chi connectivity index (χ0v) is 11.0. The minimum Gasteiger partial charge on any atom is -0.606 e. The molecule has 1 unspecified atom stereocenters. The monoisotopic (exact) mass is 277 g/mol. The topological polar surface area (TPSA) is 52.2 Å². The van der Waals surface area contributed by atoms with Crippen LogP contribution in [0.5, 0.6) is 0 Å². The largest absolute Gasteiger partial charge is 0.606 e. The third kappa shape index (κ3) is 3.33. The number of carbonyl (C=O) groups is 1. The summed E-state index contributed by atoms with van der Waals surface area (Å²) in [4.78, 5) is 11.5. The van der Waals surface area contributed by atoms with Gasteiger partial charge in [0.2, 0.25) is 5.91 Å². The summed E-state index contributed by atoms with van der Waals surface area (Å²) >= 11 is -1.57. The van der Waals surface area contributed by atoms with Gasteiger partial charge in [-0.2, -0.15) is 0 Å². The molecule has 1 amide bonds. The fraction of sp³-hybridized carbons (Fsp3) is 0.0714. The van der Waals surface area contributed by atoms with Crippen LogP contribution in [0.1, 0.15) is 6.92 Å². The van der Waals surface area contributed by atoms with E-state index in [-0.39, 0.29) is 10.8 Å². The molecule has 0 aliphatic rings. The maximum atomic E-state index is 13.5. The number of nitrogens with one attached hydrogen (secondary N) is 1. The second kappa shape index (κ2) is 5.86. The van der Waals surface area contributed by atoms with Gasteiger partial charge in [0.15, 0.2) is 15.6 Å². The molecule has 98 valence electrons. The van der Waals surface area contributed by atoms with Gasteiger partial charge < -0.3 is 9.87 Å². The number of amides is 1. The molecule has 0 fully saturated rings. The number of anilines is 1. The average Bonchev–Trinajstić information content (AvgIpc) is 2.39. The van der Waals surface area contributed by atoms with E-state index in [4.69, 9.17) is 0 Å². The lowest BCUT2D eigenvalue weighted by Crippen LogP contribution is -2.07. The van der Waals surface area contributed by atoms with Crippen LogP contribution in [0.3, 0.4) is 0 Å². The van der Waals surface area contributed by atoms with Crippen LogP contribution < -0.4 is 5.32 Å². The van der Waals surface area contributed by atoms with Gasteiger partial charge in [-0.3, -0.25) is 4.79 Å². The molecule has 2 aromatic rings. The number of halogens is 1. The minimum absolute atomic E-state index is 0.148. The van der Waals surface area contributed by atoms with Gasteiger partial charge in [-0.05, 0) is 36.4 Å². The molecule has 2 aromatic carbocycles. The van der Waals surface area contributed by atoms with Crippen molar-refractivity contribution in [1.29, 1.82) is 0 Å². The van der Waals surface area contributed by atoms with E-state index in [1.807, 2.05) is 0 Å². The molecule has 0 spiro atoms. The number of hydrogen-bond acceptors (Lipinski definition) is 2. The highest BCUT2D eigenvalue weighted by molar-refractivity contribution is 7.91. The van der Waals surface area contributed by atoms with Crippen LogP contribution >= 0.6 is 0 Å². The second-order valence-electron chi connectivity index (χ2n) is 3.90. The van der Waals surface area contributed by atoms with E-state index < -0.39 is 17.0 Å². The Balaban J connectivity index is 2.23. The molecular formula is C14H12FNO2S. The molecule has 1 atom stereocenters. The Bertz CT molecular complexity index is 586. The van der Waals surface area contributed by atoms with Crippen molar-refractivity contribution in [2.24, 2.45) is 0 Å². The summed E-state index contributed by atoms with van der Waals surface area (Å²) in [6.07, 6.45) is 0. The fourth-order valence-corrected chi connectivity index (χ4v) is 2.67. The molecule has 0 aliphatic carbocycles. The zero-order valence-electron chi connectivity index (χ0n) is 10.2. The van der Waals surface area contributed by atoms with Crippen LogP contribution in [0.25, 0.3) is 0 Å². The van der Waals surface area contributed by atoms with Gasteiger partial charge in [-0.15, -0.1) is 0 Å². The van der Waals surface area contributed by atoms with Gasteiger partial charge >= 0.3 is 0 Å². The molecule has 2 rings (SSSR count). The number of carbonyl (C=O) groups excluding carboxylic acids is 1. The van der Waals surface area contributed by atoms with Crippen molar-refractivity contribution in [2.75, 3.05) is 5.32 Å². The predicted molar refractivity (Wildman–Crippen MR) is 71.8 cm³/mol. The van der Waals surface area contributed by atoms with E-state index in [1.165, 1.54) is 19.1 Å². The Morgan fingerprint density at radius 1 is 1.16 bits per heavy atom. The molecule has 0 heterocycles. The number of benzene rings is 2. The minimum atomic E-state index is -1.57. The summed E-state index contributed by atoms with van der Waals surface area (Å²) in [7, 11) is 0. The van der Waals surface area contributed by atoms with Crippen molar-refractivity contribution in [1.82, 2.24) is 0 Å². The van der Waals surface area contributed by atoms with Crippen LogP contribution in [0.4, 0.5) is 10.1 Å². The summed E-state index contributed by atoms with van der Waals surface area (Å²) in [5.41, 5.74) is 0.613. The van der Waals surface area contributed by atoms with Crippen molar-refractivity contribution in [3.8, 4) is 0 Å². The van der Waals surface area contributed by atoms with E-state index in [0.717, 1.165) is 0 Å². The van der Waals surface area contributed by atoms with Crippen molar-refractivity contribution in [3.05, 3.63) is 54.3 Å². The second-order valence-corrected chi connectivity index (χ2v) is 5.35. The van der Waals surface area contributed by atoms with E-state index in [9.17, 15) is 13.7 Å². The maximum Gasteiger partial charge on any atom is 0.221 e. The van der Waals surface area contributed by atoms with Crippen molar-refractivity contribution in [2.45, 2.75) is 16.7 Å². The smallest absolute Gasteiger partial charge is 0.221 e. The molecule has 0 saturated carbocycles. The van der Waals surface area contributed by atoms with E-state index in [0.29, 0.717) is 10.6 Å². The molecule has 5 heteroatoms. The van der Waals surface area contributed by atoms with E-state index in [2.05, 4.69) is 5.32 Å². The molecule has 0 aliphatic heterocycles. The van der Waals surface area contributed by atoms with Gasteiger partial charge in [0.25, 0.3) is 0 Å². The molecule has 3 nitrogen and oxygen atoms in total. The lowest BCUT2D eigenvalue weighted by atomic mass is 10.3. The molecule has 19 heavy (non-hydrogen) atoms. The van der Waals surface area contributed by atoms with Crippen molar-refractivity contribution in [3.63, 3.8) is 0 Å². The summed E-state index contributed by atoms with van der Waals surface area (Å²) in [5, 5.41) is 2.61. The van der Waals surface area contributed by atoms with E-state index >= 15 is 0 Å².